The van der Waals surface area contributed by atoms with Gasteiger partial charge in [0.15, 0.2) is 0 Å². The Kier molecular flexibility index (Phi) is 7.81. The number of hydrogen-bond donors (Lipinski definition) is 3. The smallest absolute Gasteiger partial charge is 0.407 e. The average Bonchev–Trinajstić information content (AvgIpc) is 1.81. The Morgan fingerprint density at radius 2 is 2.00 bits per heavy atom. The molecule has 0 aromatic rings. The highest BCUT2D eigenvalue weighted by Crippen LogP contribution is 2.06. The third-order valence-electron chi connectivity index (χ3n) is 1.19. The number of amides is 1. The van der Waals surface area contributed by atoms with Crippen molar-refractivity contribution in [3.05, 3.63) is 0 Å². The molecular formula is C8H20ClN3O2. The summed E-state index contributed by atoms with van der Waals surface area (Å²) in [5, 5.41) is 2.63. The zero-order valence-electron chi connectivity index (χ0n) is 9.09. The van der Waals surface area contributed by atoms with Gasteiger partial charge in [-0.3, -0.25) is 11.3 Å². The zero-order chi connectivity index (χ0) is 10.5. The van der Waals surface area contributed by atoms with Crippen molar-refractivity contribution in [2.75, 3.05) is 6.54 Å². The topological polar surface area (TPSA) is 76.4 Å². The van der Waals surface area contributed by atoms with Crippen LogP contribution in [0.1, 0.15) is 27.7 Å². The van der Waals surface area contributed by atoms with Crippen LogP contribution in [0.4, 0.5) is 4.79 Å². The fourth-order valence-electron chi connectivity index (χ4n) is 0.737. The van der Waals surface area contributed by atoms with E-state index in [1.54, 1.807) is 0 Å². The number of halogens is 1. The van der Waals surface area contributed by atoms with Crippen LogP contribution in [0.5, 0.6) is 0 Å². The first kappa shape index (κ1) is 15.9. The quantitative estimate of drug-likeness (QED) is 0.490. The minimum Gasteiger partial charge on any atom is -0.444 e. The predicted octanol–water partition coefficient (Wildman–Crippen LogP) is 0.785. The normalized spacial score (nSPS) is 12.6. The Bertz CT molecular complexity index is 170. The lowest BCUT2D eigenvalue weighted by molar-refractivity contribution is 0.0508. The molecule has 1 amide bonds. The Hall–Kier alpha value is -0.520. The van der Waals surface area contributed by atoms with E-state index in [0.717, 1.165) is 0 Å². The van der Waals surface area contributed by atoms with Gasteiger partial charge in [0.05, 0.1) is 0 Å². The summed E-state index contributed by atoms with van der Waals surface area (Å²) in [5.41, 5.74) is 2.01. The molecule has 5 nitrogen and oxygen atoms in total. The Morgan fingerprint density at radius 3 is 2.36 bits per heavy atom. The van der Waals surface area contributed by atoms with Gasteiger partial charge >= 0.3 is 6.09 Å². The van der Waals surface area contributed by atoms with Gasteiger partial charge in [0.25, 0.3) is 0 Å². The van der Waals surface area contributed by atoms with Crippen molar-refractivity contribution < 1.29 is 9.53 Å². The van der Waals surface area contributed by atoms with Gasteiger partial charge < -0.3 is 10.1 Å². The number of rotatable bonds is 3. The summed E-state index contributed by atoms with van der Waals surface area (Å²) in [6.07, 6.45) is -0.421. The van der Waals surface area contributed by atoms with Crippen LogP contribution < -0.4 is 16.6 Å². The number of hydrogen-bond acceptors (Lipinski definition) is 4. The minimum atomic E-state index is -0.458. The van der Waals surface area contributed by atoms with Crippen molar-refractivity contribution in [3.8, 4) is 0 Å². The molecule has 6 heteroatoms. The number of carbonyl (C=O) groups excluding carboxylic acids is 1. The Morgan fingerprint density at radius 1 is 1.50 bits per heavy atom. The average molecular weight is 226 g/mol. The molecule has 1 unspecified atom stereocenters. The summed E-state index contributed by atoms with van der Waals surface area (Å²) in [4.78, 5) is 11.1. The summed E-state index contributed by atoms with van der Waals surface area (Å²) in [6, 6.07) is -0.0418. The molecule has 0 rings (SSSR count). The highest BCUT2D eigenvalue weighted by Gasteiger charge is 2.17. The molecule has 0 aliphatic rings. The highest BCUT2D eigenvalue weighted by molar-refractivity contribution is 5.85. The molecule has 0 fully saturated rings. The van der Waals surface area contributed by atoms with Crippen molar-refractivity contribution in [2.24, 2.45) is 5.84 Å². The molecule has 0 spiro atoms. The van der Waals surface area contributed by atoms with E-state index in [9.17, 15) is 4.79 Å². The summed E-state index contributed by atoms with van der Waals surface area (Å²) < 4.78 is 5.04. The van der Waals surface area contributed by atoms with Crippen molar-refractivity contribution in [1.29, 1.82) is 0 Å². The van der Waals surface area contributed by atoms with E-state index in [1.807, 2.05) is 27.7 Å². The molecule has 0 saturated carbocycles. The van der Waals surface area contributed by atoms with E-state index in [0.29, 0.717) is 6.54 Å². The van der Waals surface area contributed by atoms with E-state index in [4.69, 9.17) is 10.6 Å². The Labute approximate surface area is 91.1 Å². The molecule has 14 heavy (non-hydrogen) atoms. The fourth-order valence-corrected chi connectivity index (χ4v) is 0.737. The van der Waals surface area contributed by atoms with E-state index in [2.05, 4.69) is 10.7 Å². The van der Waals surface area contributed by atoms with Crippen molar-refractivity contribution in [2.45, 2.75) is 39.3 Å². The molecule has 1 atom stereocenters. The van der Waals surface area contributed by atoms with Crippen LogP contribution in [-0.4, -0.2) is 24.3 Å². The second kappa shape index (κ2) is 6.86. The Balaban J connectivity index is 0. The van der Waals surface area contributed by atoms with Crippen LogP contribution in [0, 0.1) is 0 Å². The van der Waals surface area contributed by atoms with Gasteiger partial charge in [0.1, 0.15) is 5.60 Å². The molecule has 0 aromatic heterocycles. The van der Waals surface area contributed by atoms with Gasteiger partial charge in [0.2, 0.25) is 0 Å². The summed E-state index contributed by atoms with van der Waals surface area (Å²) in [6.45, 7) is 7.80. The molecule has 0 bridgehead atoms. The standard InChI is InChI=1S/C8H19N3O2.ClH/c1-6(5-10-9)11-7(12)13-8(2,3)4;/h6,10H,5,9H2,1-4H3,(H,11,12);1H. The number of carbonyl (C=O) groups is 1. The van der Waals surface area contributed by atoms with Crippen molar-refractivity contribution >= 4 is 18.5 Å². The molecule has 4 N–H and O–H groups in total. The van der Waals surface area contributed by atoms with E-state index in [-0.39, 0.29) is 18.4 Å². The van der Waals surface area contributed by atoms with Crippen LogP contribution in [0.3, 0.4) is 0 Å². The van der Waals surface area contributed by atoms with Crippen LogP contribution in [0.2, 0.25) is 0 Å². The first-order valence-electron chi connectivity index (χ1n) is 4.28. The lowest BCUT2D eigenvalue weighted by Gasteiger charge is -2.21. The van der Waals surface area contributed by atoms with Crippen LogP contribution >= 0.6 is 12.4 Å². The van der Waals surface area contributed by atoms with Gasteiger partial charge in [-0.1, -0.05) is 0 Å². The summed E-state index contributed by atoms with van der Waals surface area (Å²) >= 11 is 0. The second-order valence-corrected chi connectivity index (χ2v) is 3.96. The van der Waals surface area contributed by atoms with Crippen molar-refractivity contribution in [1.82, 2.24) is 10.7 Å². The van der Waals surface area contributed by atoms with Gasteiger partial charge in [-0.15, -0.1) is 12.4 Å². The van der Waals surface area contributed by atoms with E-state index < -0.39 is 11.7 Å². The maximum absolute atomic E-state index is 11.1. The number of hydrazine groups is 1. The van der Waals surface area contributed by atoms with Crippen LogP contribution in [0.25, 0.3) is 0 Å². The third-order valence-corrected chi connectivity index (χ3v) is 1.19. The highest BCUT2D eigenvalue weighted by atomic mass is 35.5. The first-order chi connectivity index (χ1) is 5.85. The molecule has 0 aromatic carbocycles. The van der Waals surface area contributed by atoms with E-state index >= 15 is 0 Å². The van der Waals surface area contributed by atoms with Crippen LogP contribution in [-0.2, 0) is 4.74 Å². The zero-order valence-corrected chi connectivity index (χ0v) is 9.90. The SMILES string of the molecule is CC(CNN)NC(=O)OC(C)(C)C.Cl. The number of alkyl carbamates (subject to hydrolysis) is 1. The second-order valence-electron chi connectivity index (χ2n) is 3.96. The molecular weight excluding hydrogens is 206 g/mol. The molecule has 0 aliphatic heterocycles. The van der Waals surface area contributed by atoms with Gasteiger partial charge in [-0.05, 0) is 27.7 Å². The monoisotopic (exact) mass is 225 g/mol. The maximum Gasteiger partial charge on any atom is 0.407 e. The largest absolute Gasteiger partial charge is 0.444 e. The maximum atomic E-state index is 11.1. The van der Waals surface area contributed by atoms with Crippen LogP contribution in [0.15, 0.2) is 0 Å². The molecule has 0 saturated heterocycles. The lowest BCUT2D eigenvalue weighted by Crippen LogP contribution is -2.44. The van der Waals surface area contributed by atoms with Crippen molar-refractivity contribution in [3.63, 3.8) is 0 Å². The predicted molar refractivity (Wildman–Crippen MR) is 58.3 cm³/mol. The number of nitrogens with two attached hydrogens (primary N) is 1. The van der Waals surface area contributed by atoms with Gasteiger partial charge in [-0.2, -0.15) is 0 Å². The number of nitrogens with one attached hydrogen (secondary N) is 2. The number of ether oxygens (including phenoxy) is 1. The van der Waals surface area contributed by atoms with Gasteiger partial charge in [-0.25, -0.2) is 4.79 Å². The van der Waals surface area contributed by atoms with E-state index in [1.165, 1.54) is 0 Å². The summed E-state index contributed by atoms with van der Waals surface area (Å²) in [7, 11) is 0. The minimum absolute atomic E-state index is 0. The first-order valence-corrected chi connectivity index (χ1v) is 4.28. The third kappa shape index (κ3) is 9.57. The molecule has 86 valence electrons. The molecule has 0 aliphatic carbocycles. The molecule has 0 radical (unpaired) electrons. The lowest BCUT2D eigenvalue weighted by atomic mass is 10.2. The fraction of sp³-hybridized carbons (Fsp3) is 0.875. The molecule has 0 heterocycles. The van der Waals surface area contributed by atoms with Gasteiger partial charge in [0, 0.05) is 12.6 Å². The summed E-state index contributed by atoms with van der Waals surface area (Å²) in [5.74, 6) is 5.09.